The van der Waals surface area contributed by atoms with Crippen LogP contribution in [0.15, 0.2) is 28.7 Å². The molecule has 122 valence electrons. The van der Waals surface area contributed by atoms with Crippen LogP contribution in [0.25, 0.3) is 0 Å². The number of carbonyl (C=O) groups is 1. The second-order valence-electron chi connectivity index (χ2n) is 4.86. The maximum Gasteiger partial charge on any atom is 0.458 e. The first kappa shape index (κ1) is 17.1. The minimum absolute atomic E-state index is 0.127. The van der Waals surface area contributed by atoms with Crippen LogP contribution >= 0.6 is 15.9 Å². The van der Waals surface area contributed by atoms with Crippen molar-refractivity contribution >= 4 is 32.0 Å². The van der Waals surface area contributed by atoms with E-state index < -0.39 is 21.3 Å². The molecule has 1 saturated heterocycles. The van der Waals surface area contributed by atoms with Crippen molar-refractivity contribution in [2.75, 3.05) is 13.1 Å². The Bertz CT molecular complexity index is 643. The van der Waals surface area contributed by atoms with E-state index in [1.165, 1.54) is 24.3 Å². The van der Waals surface area contributed by atoms with Gasteiger partial charge in [0, 0.05) is 17.6 Å². The van der Waals surface area contributed by atoms with Gasteiger partial charge in [0.25, 0.3) is 0 Å². The van der Waals surface area contributed by atoms with Gasteiger partial charge in [-0.25, -0.2) is 0 Å². The summed E-state index contributed by atoms with van der Waals surface area (Å²) in [6, 6.07) is 5.30. The Morgan fingerprint density at radius 1 is 1.14 bits per heavy atom. The minimum atomic E-state index is -5.41. The van der Waals surface area contributed by atoms with E-state index in [0.29, 0.717) is 17.3 Å². The average Bonchev–Trinajstić information content (AvgIpc) is 2.49. The average molecular weight is 398 g/mol. The van der Waals surface area contributed by atoms with Gasteiger partial charge < -0.3 is 9.08 Å². The summed E-state index contributed by atoms with van der Waals surface area (Å²) in [6.07, 6.45) is 1.99. The Morgan fingerprint density at radius 3 is 2.23 bits per heavy atom. The van der Waals surface area contributed by atoms with Gasteiger partial charge in [-0.05, 0) is 43.5 Å². The third-order valence-corrected chi connectivity index (χ3v) is 4.97. The van der Waals surface area contributed by atoms with E-state index in [1.807, 2.05) is 0 Å². The van der Waals surface area contributed by atoms with Gasteiger partial charge in [-0.1, -0.05) is 15.9 Å². The van der Waals surface area contributed by atoms with Crippen LogP contribution in [0.4, 0.5) is 8.78 Å². The fourth-order valence-corrected chi connectivity index (χ4v) is 3.13. The molecule has 1 fully saturated rings. The molecule has 1 aromatic rings. The van der Waals surface area contributed by atoms with Crippen molar-refractivity contribution in [3.05, 3.63) is 28.7 Å². The summed E-state index contributed by atoms with van der Waals surface area (Å²) in [5.41, 5.74) is 0. The van der Waals surface area contributed by atoms with Gasteiger partial charge in [-0.2, -0.15) is 17.2 Å². The Morgan fingerprint density at radius 2 is 1.68 bits per heavy atom. The molecule has 0 bridgehead atoms. The molecule has 1 amide bonds. The zero-order valence-electron chi connectivity index (χ0n) is 11.5. The number of amides is 1. The van der Waals surface area contributed by atoms with Gasteiger partial charge in [0.2, 0.25) is 0 Å². The van der Waals surface area contributed by atoms with Gasteiger partial charge in [0.05, 0.1) is 0 Å². The summed E-state index contributed by atoms with van der Waals surface area (Å²) in [6.45, 7) is 0.254. The molecule has 2 rings (SSSR count). The lowest BCUT2D eigenvalue weighted by Crippen LogP contribution is -2.51. The van der Waals surface area contributed by atoms with E-state index in [-0.39, 0.29) is 18.8 Å². The summed E-state index contributed by atoms with van der Waals surface area (Å²) in [5, 5.41) is -4.61. The van der Waals surface area contributed by atoms with Gasteiger partial charge in [-0.3, -0.25) is 4.79 Å². The van der Waals surface area contributed by atoms with Gasteiger partial charge >= 0.3 is 21.3 Å². The molecule has 0 spiro atoms. The van der Waals surface area contributed by atoms with Crippen LogP contribution in [0, 0.1) is 0 Å². The highest BCUT2D eigenvalue weighted by molar-refractivity contribution is 9.10. The van der Waals surface area contributed by atoms with Gasteiger partial charge in [0.15, 0.2) is 0 Å². The van der Waals surface area contributed by atoms with Gasteiger partial charge in [0.1, 0.15) is 5.75 Å². The summed E-state index contributed by atoms with van der Waals surface area (Å²) in [4.78, 5) is 12.7. The van der Waals surface area contributed by atoms with Crippen LogP contribution in [0.2, 0.25) is 0 Å². The second kappa shape index (κ2) is 6.49. The quantitative estimate of drug-likeness (QED) is 0.732. The predicted molar refractivity (Wildman–Crippen MR) is 79.1 cm³/mol. The Kier molecular flexibility index (Phi) is 5.06. The number of halogens is 3. The van der Waals surface area contributed by atoms with Crippen molar-refractivity contribution < 1.29 is 26.2 Å². The van der Waals surface area contributed by atoms with Crippen LogP contribution < -0.4 is 4.18 Å². The lowest BCUT2D eigenvalue weighted by Gasteiger charge is -2.29. The molecule has 22 heavy (non-hydrogen) atoms. The standard InChI is InChI=1S/C13H14BrF2NO4S/c14-10-4-6-11(7-5-10)21-22(19,20)13(15,16)12(18)17-8-2-1-3-9-17/h4-7H,1-3,8-9H2. The molecule has 0 atom stereocenters. The molecule has 0 unspecified atom stereocenters. The van der Waals surface area contributed by atoms with Gasteiger partial charge in [-0.15, -0.1) is 0 Å². The first-order valence-electron chi connectivity index (χ1n) is 6.61. The largest absolute Gasteiger partial charge is 0.458 e. The Labute approximate surface area is 135 Å². The summed E-state index contributed by atoms with van der Waals surface area (Å²) < 4.78 is 56.6. The minimum Gasteiger partial charge on any atom is -0.378 e. The lowest BCUT2D eigenvalue weighted by molar-refractivity contribution is -0.148. The Balaban J connectivity index is 2.18. The van der Waals surface area contributed by atoms with Crippen LogP contribution in [-0.4, -0.2) is 37.6 Å². The number of benzene rings is 1. The lowest BCUT2D eigenvalue weighted by atomic mass is 10.1. The van der Waals surface area contributed by atoms with Crippen molar-refractivity contribution in [2.24, 2.45) is 0 Å². The number of piperidine rings is 1. The summed E-state index contributed by atoms with van der Waals surface area (Å²) in [5.74, 6) is -2.02. The number of likely N-dealkylation sites (tertiary alicyclic amines) is 1. The second-order valence-corrected chi connectivity index (χ2v) is 7.36. The first-order valence-corrected chi connectivity index (χ1v) is 8.81. The van der Waals surface area contributed by atoms with E-state index >= 15 is 0 Å². The van der Waals surface area contributed by atoms with E-state index in [0.717, 1.165) is 11.3 Å². The summed E-state index contributed by atoms with van der Waals surface area (Å²) in [7, 11) is -5.41. The van der Waals surface area contributed by atoms with Crippen LogP contribution in [-0.2, 0) is 14.9 Å². The summed E-state index contributed by atoms with van der Waals surface area (Å²) >= 11 is 3.13. The van der Waals surface area contributed by atoms with Crippen molar-refractivity contribution in [3.8, 4) is 5.75 Å². The first-order chi connectivity index (χ1) is 10.2. The third-order valence-electron chi connectivity index (χ3n) is 3.23. The normalized spacial score (nSPS) is 16.4. The number of rotatable bonds is 4. The predicted octanol–water partition coefficient (Wildman–Crippen LogP) is 2.76. The topological polar surface area (TPSA) is 63.7 Å². The molecule has 0 saturated carbocycles. The number of hydrogen-bond donors (Lipinski definition) is 0. The highest BCUT2D eigenvalue weighted by Crippen LogP contribution is 2.29. The monoisotopic (exact) mass is 397 g/mol. The maximum atomic E-state index is 14.0. The third kappa shape index (κ3) is 3.57. The van der Waals surface area contributed by atoms with E-state index in [1.54, 1.807) is 0 Å². The number of alkyl halides is 2. The number of hydrogen-bond acceptors (Lipinski definition) is 4. The van der Waals surface area contributed by atoms with Crippen molar-refractivity contribution in [2.45, 2.75) is 24.5 Å². The smallest absolute Gasteiger partial charge is 0.378 e. The zero-order chi connectivity index (χ0) is 16.4. The molecular weight excluding hydrogens is 384 g/mol. The Hall–Kier alpha value is -1.22. The fourth-order valence-electron chi connectivity index (χ4n) is 2.06. The molecule has 1 aliphatic heterocycles. The molecule has 1 aliphatic rings. The molecule has 5 nitrogen and oxygen atoms in total. The number of nitrogens with zero attached hydrogens (tertiary/aromatic N) is 1. The molecule has 0 radical (unpaired) electrons. The van der Waals surface area contributed by atoms with E-state index in [2.05, 4.69) is 20.1 Å². The van der Waals surface area contributed by atoms with Crippen LogP contribution in [0.3, 0.4) is 0 Å². The highest BCUT2D eigenvalue weighted by Gasteiger charge is 2.57. The zero-order valence-corrected chi connectivity index (χ0v) is 13.9. The molecule has 1 aromatic carbocycles. The van der Waals surface area contributed by atoms with Crippen LogP contribution in [0.1, 0.15) is 19.3 Å². The molecule has 0 N–H and O–H groups in total. The highest BCUT2D eigenvalue weighted by atomic mass is 79.9. The van der Waals surface area contributed by atoms with Crippen LogP contribution in [0.5, 0.6) is 5.75 Å². The van der Waals surface area contributed by atoms with Crippen molar-refractivity contribution in [1.29, 1.82) is 0 Å². The van der Waals surface area contributed by atoms with Crippen molar-refractivity contribution in [1.82, 2.24) is 4.90 Å². The number of carbonyl (C=O) groups excluding carboxylic acids is 1. The molecule has 1 heterocycles. The SMILES string of the molecule is O=C(N1CCCCC1)C(F)(F)S(=O)(=O)Oc1ccc(Br)cc1. The maximum absolute atomic E-state index is 14.0. The molecule has 0 aromatic heterocycles. The molecule has 9 heteroatoms. The van der Waals surface area contributed by atoms with E-state index in [9.17, 15) is 22.0 Å². The molecular formula is C13H14BrF2NO4S. The van der Waals surface area contributed by atoms with Crippen molar-refractivity contribution in [3.63, 3.8) is 0 Å². The van der Waals surface area contributed by atoms with E-state index in [4.69, 9.17) is 0 Å². The molecule has 0 aliphatic carbocycles. The fraction of sp³-hybridized carbons (Fsp3) is 0.462.